The van der Waals surface area contributed by atoms with Crippen LogP contribution in [0.1, 0.15) is 31.9 Å². The number of nitrogens with one attached hydrogen (secondary N) is 1. The smallest absolute Gasteiger partial charge is 0.224 e. The van der Waals surface area contributed by atoms with Gasteiger partial charge in [-0.25, -0.2) is 4.98 Å². The number of anilines is 2. The van der Waals surface area contributed by atoms with Crippen LogP contribution in [-0.4, -0.2) is 43.4 Å². The molecule has 8 nitrogen and oxygen atoms in total. The molecule has 2 fully saturated rings. The minimum atomic E-state index is -0.157. The summed E-state index contributed by atoms with van der Waals surface area (Å²) in [6, 6.07) is 0.467. The van der Waals surface area contributed by atoms with Crippen molar-refractivity contribution in [1.29, 1.82) is 0 Å². The largest absolute Gasteiger partial charge is 0.394 e. The van der Waals surface area contributed by atoms with Crippen LogP contribution in [0.5, 0.6) is 0 Å². The molecule has 2 aromatic heterocycles. The Morgan fingerprint density at radius 1 is 1.33 bits per heavy atom. The minimum absolute atomic E-state index is 0.0364. The first-order valence-corrected chi connectivity index (χ1v) is 7.27. The molecule has 1 saturated heterocycles. The summed E-state index contributed by atoms with van der Waals surface area (Å²) < 4.78 is 7.66. The van der Waals surface area contributed by atoms with Crippen LogP contribution in [0.4, 0.5) is 11.8 Å². The maximum absolute atomic E-state index is 9.18. The zero-order valence-electron chi connectivity index (χ0n) is 11.6. The second kappa shape index (κ2) is 4.81. The van der Waals surface area contributed by atoms with Crippen molar-refractivity contribution >= 4 is 22.9 Å². The Morgan fingerprint density at radius 2 is 2.19 bits per heavy atom. The molecule has 112 valence electrons. The Morgan fingerprint density at radius 3 is 2.90 bits per heavy atom. The molecule has 8 heteroatoms. The van der Waals surface area contributed by atoms with Crippen LogP contribution in [0.25, 0.3) is 11.2 Å². The van der Waals surface area contributed by atoms with Gasteiger partial charge in [-0.1, -0.05) is 0 Å². The fraction of sp³-hybridized carbons (Fsp3) is 0.615. The Bertz CT molecular complexity index is 668. The zero-order valence-corrected chi connectivity index (χ0v) is 11.6. The van der Waals surface area contributed by atoms with E-state index >= 15 is 0 Å². The van der Waals surface area contributed by atoms with Crippen molar-refractivity contribution in [2.24, 2.45) is 0 Å². The summed E-state index contributed by atoms with van der Waals surface area (Å²) in [5.74, 6) is 0.916. The first kappa shape index (κ1) is 12.8. The van der Waals surface area contributed by atoms with Gasteiger partial charge < -0.3 is 20.9 Å². The Balaban J connectivity index is 1.71. The van der Waals surface area contributed by atoms with Gasteiger partial charge in [-0.2, -0.15) is 9.97 Å². The third kappa shape index (κ3) is 2.30. The summed E-state index contributed by atoms with van der Waals surface area (Å²) in [5, 5.41) is 12.5. The van der Waals surface area contributed by atoms with Gasteiger partial charge >= 0.3 is 0 Å². The second-order valence-corrected chi connectivity index (χ2v) is 5.65. The van der Waals surface area contributed by atoms with Crippen LogP contribution >= 0.6 is 0 Å². The number of aromatic nitrogens is 4. The number of nitrogens with two attached hydrogens (primary N) is 1. The highest BCUT2D eigenvalue weighted by molar-refractivity contribution is 5.84. The molecule has 3 heterocycles. The van der Waals surface area contributed by atoms with Crippen LogP contribution in [0.15, 0.2) is 6.33 Å². The van der Waals surface area contributed by atoms with Crippen LogP contribution < -0.4 is 11.1 Å². The molecule has 0 unspecified atom stereocenters. The quantitative estimate of drug-likeness (QED) is 0.758. The molecule has 1 aliphatic carbocycles. The lowest BCUT2D eigenvalue weighted by Gasteiger charge is -2.14. The Labute approximate surface area is 121 Å². The van der Waals surface area contributed by atoms with E-state index in [0.29, 0.717) is 23.0 Å². The number of aliphatic hydroxyl groups is 1. The summed E-state index contributed by atoms with van der Waals surface area (Å²) in [5.41, 5.74) is 7.21. The SMILES string of the molecule is Nc1nc(NC2CC2)c2ncn([C@H]3CC[C@@H](CO)O3)c2n1. The molecule has 1 aliphatic heterocycles. The molecule has 0 spiro atoms. The van der Waals surface area contributed by atoms with Gasteiger partial charge in [0.25, 0.3) is 0 Å². The van der Waals surface area contributed by atoms with Gasteiger partial charge in [0.2, 0.25) is 5.95 Å². The van der Waals surface area contributed by atoms with E-state index in [1.807, 2.05) is 4.57 Å². The van der Waals surface area contributed by atoms with Crippen molar-refractivity contribution in [3.05, 3.63) is 6.33 Å². The number of imidazole rings is 1. The van der Waals surface area contributed by atoms with E-state index in [9.17, 15) is 5.11 Å². The molecule has 4 rings (SSSR count). The number of hydrogen-bond acceptors (Lipinski definition) is 7. The molecular formula is C13H18N6O2. The third-order valence-corrected chi connectivity index (χ3v) is 3.96. The number of hydrogen-bond donors (Lipinski definition) is 3. The first-order chi connectivity index (χ1) is 10.2. The molecule has 0 bridgehead atoms. The summed E-state index contributed by atoms with van der Waals surface area (Å²) >= 11 is 0. The predicted octanol–water partition coefficient (Wildman–Crippen LogP) is 0.653. The highest BCUT2D eigenvalue weighted by Crippen LogP contribution is 2.33. The van der Waals surface area contributed by atoms with E-state index in [4.69, 9.17) is 10.5 Å². The van der Waals surface area contributed by atoms with Crippen LogP contribution in [0, 0.1) is 0 Å². The molecule has 4 N–H and O–H groups in total. The predicted molar refractivity (Wildman–Crippen MR) is 76.6 cm³/mol. The van der Waals surface area contributed by atoms with E-state index in [-0.39, 0.29) is 24.9 Å². The average Bonchev–Trinajstić information content (AvgIpc) is 3.01. The van der Waals surface area contributed by atoms with E-state index < -0.39 is 0 Å². The van der Waals surface area contributed by atoms with Crippen molar-refractivity contribution < 1.29 is 9.84 Å². The van der Waals surface area contributed by atoms with Gasteiger partial charge in [-0.3, -0.25) is 4.57 Å². The van der Waals surface area contributed by atoms with Crippen LogP contribution in [0.2, 0.25) is 0 Å². The van der Waals surface area contributed by atoms with E-state index in [1.165, 1.54) is 0 Å². The molecule has 1 saturated carbocycles. The van der Waals surface area contributed by atoms with E-state index in [1.54, 1.807) is 6.33 Å². The lowest BCUT2D eigenvalue weighted by Crippen LogP contribution is -2.14. The molecular weight excluding hydrogens is 272 g/mol. The third-order valence-electron chi connectivity index (χ3n) is 3.96. The Kier molecular flexibility index (Phi) is 2.93. The summed E-state index contributed by atoms with van der Waals surface area (Å²) in [6.07, 6.45) is 5.39. The van der Waals surface area contributed by atoms with Gasteiger partial charge in [0.1, 0.15) is 6.23 Å². The van der Waals surface area contributed by atoms with Gasteiger partial charge in [-0.15, -0.1) is 0 Å². The normalized spacial score (nSPS) is 25.6. The maximum atomic E-state index is 9.18. The molecule has 2 aromatic rings. The highest BCUT2D eigenvalue weighted by atomic mass is 16.5. The molecule has 0 aromatic carbocycles. The van der Waals surface area contributed by atoms with Crippen molar-refractivity contribution in [2.75, 3.05) is 17.7 Å². The summed E-state index contributed by atoms with van der Waals surface area (Å²) in [7, 11) is 0. The number of aliphatic hydroxyl groups excluding tert-OH is 1. The number of rotatable bonds is 4. The summed E-state index contributed by atoms with van der Waals surface area (Å²) in [4.78, 5) is 13.0. The van der Waals surface area contributed by atoms with Crippen molar-refractivity contribution in [1.82, 2.24) is 19.5 Å². The number of nitrogen functional groups attached to an aromatic ring is 1. The van der Waals surface area contributed by atoms with Crippen LogP contribution in [0.3, 0.4) is 0 Å². The molecule has 21 heavy (non-hydrogen) atoms. The molecule has 2 aliphatic rings. The fourth-order valence-electron chi connectivity index (χ4n) is 2.69. The van der Waals surface area contributed by atoms with E-state index in [2.05, 4.69) is 20.3 Å². The molecule has 0 amide bonds. The van der Waals surface area contributed by atoms with Gasteiger partial charge in [0, 0.05) is 6.04 Å². The monoisotopic (exact) mass is 290 g/mol. The van der Waals surface area contributed by atoms with E-state index in [0.717, 1.165) is 25.7 Å². The molecule has 0 radical (unpaired) electrons. The second-order valence-electron chi connectivity index (χ2n) is 5.65. The Hall–Kier alpha value is -1.93. The number of nitrogens with zero attached hydrogens (tertiary/aromatic N) is 4. The zero-order chi connectivity index (χ0) is 14.4. The standard InChI is InChI=1S/C13H18N6O2/c14-13-17-11(16-7-1-2-7)10-12(18-13)19(6-15-10)9-4-3-8(5-20)21-9/h6-9,20H,1-5H2,(H3,14,16,17,18)/t8-,9+/m0/s1. The van der Waals surface area contributed by atoms with Crippen molar-refractivity contribution in [3.63, 3.8) is 0 Å². The minimum Gasteiger partial charge on any atom is -0.394 e. The number of fused-ring (bicyclic) bond motifs is 1. The topological polar surface area (TPSA) is 111 Å². The average molecular weight is 290 g/mol. The van der Waals surface area contributed by atoms with Crippen molar-refractivity contribution in [2.45, 2.75) is 44.1 Å². The number of ether oxygens (including phenoxy) is 1. The first-order valence-electron chi connectivity index (χ1n) is 7.27. The maximum Gasteiger partial charge on any atom is 0.224 e. The van der Waals surface area contributed by atoms with Crippen LogP contribution in [-0.2, 0) is 4.74 Å². The van der Waals surface area contributed by atoms with Gasteiger partial charge in [0.15, 0.2) is 17.0 Å². The van der Waals surface area contributed by atoms with Gasteiger partial charge in [0.05, 0.1) is 19.0 Å². The highest BCUT2D eigenvalue weighted by Gasteiger charge is 2.29. The summed E-state index contributed by atoms with van der Waals surface area (Å²) in [6.45, 7) is 0.0364. The van der Waals surface area contributed by atoms with Crippen molar-refractivity contribution in [3.8, 4) is 0 Å². The fourth-order valence-corrected chi connectivity index (χ4v) is 2.69. The molecule has 2 atom stereocenters. The lowest BCUT2D eigenvalue weighted by molar-refractivity contribution is -0.0207. The van der Waals surface area contributed by atoms with Gasteiger partial charge in [-0.05, 0) is 25.7 Å². The lowest BCUT2D eigenvalue weighted by atomic mass is 10.2.